The van der Waals surface area contributed by atoms with Crippen molar-refractivity contribution in [1.82, 2.24) is 4.57 Å². The summed E-state index contributed by atoms with van der Waals surface area (Å²) in [5.41, 5.74) is 1.23. The summed E-state index contributed by atoms with van der Waals surface area (Å²) in [4.78, 5) is 0. The maximum atomic E-state index is 10.2. The molecule has 1 aromatic heterocycles. The standard InChI is InChI=1S/C21H25NO4/c1-21(2)24-14-19(26-21)20-18(23)13-16(25-20)8-5-6-11-22-12-10-15-7-3-4-9-17(15)22/h3-7,9-10,12-13,18-20,23H,8,11,14H2,1-2H3/b6-5+/t18-,19-,20+/m1/s1. The van der Waals surface area contributed by atoms with E-state index in [1.807, 2.05) is 19.9 Å². The van der Waals surface area contributed by atoms with Gasteiger partial charge in [-0.05, 0) is 37.4 Å². The third kappa shape index (κ3) is 3.56. The largest absolute Gasteiger partial charge is 0.489 e. The van der Waals surface area contributed by atoms with Gasteiger partial charge < -0.3 is 23.9 Å². The normalized spacial score (nSPS) is 28.0. The van der Waals surface area contributed by atoms with Crippen LogP contribution in [0.4, 0.5) is 0 Å². The molecule has 0 unspecified atom stereocenters. The van der Waals surface area contributed by atoms with E-state index in [0.717, 1.165) is 12.3 Å². The molecule has 26 heavy (non-hydrogen) atoms. The Bertz CT molecular complexity index is 835. The van der Waals surface area contributed by atoms with Gasteiger partial charge in [0.15, 0.2) is 11.9 Å². The molecular weight excluding hydrogens is 330 g/mol. The zero-order valence-corrected chi connectivity index (χ0v) is 15.2. The molecule has 1 fully saturated rings. The van der Waals surface area contributed by atoms with Gasteiger partial charge in [-0.25, -0.2) is 0 Å². The van der Waals surface area contributed by atoms with Gasteiger partial charge in [0.05, 0.1) is 12.4 Å². The average Bonchev–Trinajstić information content (AvgIpc) is 3.29. The molecule has 0 aliphatic carbocycles. The topological polar surface area (TPSA) is 52.9 Å². The number of ether oxygens (including phenoxy) is 3. The third-order valence-electron chi connectivity index (χ3n) is 4.85. The van der Waals surface area contributed by atoms with Crippen LogP contribution in [-0.2, 0) is 20.8 Å². The lowest BCUT2D eigenvalue weighted by atomic mass is 10.1. The molecule has 3 atom stereocenters. The first-order valence-electron chi connectivity index (χ1n) is 9.08. The van der Waals surface area contributed by atoms with E-state index in [0.29, 0.717) is 13.0 Å². The smallest absolute Gasteiger partial charge is 0.163 e. The minimum atomic E-state index is -0.658. The Kier molecular flexibility index (Phi) is 4.61. The molecule has 138 valence electrons. The van der Waals surface area contributed by atoms with Crippen LogP contribution in [0.25, 0.3) is 10.9 Å². The summed E-state index contributed by atoms with van der Waals surface area (Å²) in [5, 5.41) is 11.5. The molecule has 1 saturated heterocycles. The molecule has 2 aliphatic heterocycles. The highest BCUT2D eigenvalue weighted by atomic mass is 16.7. The first-order chi connectivity index (χ1) is 12.5. The highest BCUT2D eigenvalue weighted by Crippen LogP contribution is 2.31. The molecule has 1 N–H and O–H groups in total. The molecule has 0 radical (unpaired) electrons. The molecule has 0 amide bonds. The number of hydrogen-bond acceptors (Lipinski definition) is 4. The molecule has 1 aromatic carbocycles. The van der Waals surface area contributed by atoms with Crippen LogP contribution >= 0.6 is 0 Å². The minimum absolute atomic E-state index is 0.246. The molecule has 5 heteroatoms. The number of rotatable bonds is 5. The van der Waals surface area contributed by atoms with Crippen LogP contribution in [-0.4, -0.2) is 40.4 Å². The fourth-order valence-electron chi connectivity index (χ4n) is 3.55. The fourth-order valence-corrected chi connectivity index (χ4v) is 3.55. The second-order valence-electron chi connectivity index (χ2n) is 7.28. The molecule has 4 rings (SSSR count). The second-order valence-corrected chi connectivity index (χ2v) is 7.28. The molecule has 5 nitrogen and oxygen atoms in total. The average molecular weight is 355 g/mol. The maximum Gasteiger partial charge on any atom is 0.163 e. The molecule has 3 heterocycles. The SMILES string of the molecule is CC1(C)OC[C@H]([C@H]2OC(C/C=C/Cn3ccc4ccccc43)=C[C@H]2O)O1. The highest BCUT2D eigenvalue weighted by molar-refractivity contribution is 5.79. The van der Waals surface area contributed by atoms with Gasteiger partial charge in [0, 0.05) is 24.7 Å². The van der Waals surface area contributed by atoms with Gasteiger partial charge in [-0.2, -0.15) is 0 Å². The van der Waals surface area contributed by atoms with E-state index in [4.69, 9.17) is 14.2 Å². The zero-order chi connectivity index (χ0) is 18.1. The monoisotopic (exact) mass is 355 g/mol. The summed E-state index contributed by atoms with van der Waals surface area (Å²) in [6.07, 6.45) is 7.42. The number of para-hydroxylation sites is 1. The van der Waals surface area contributed by atoms with Crippen molar-refractivity contribution in [3.05, 3.63) is 60.5 Å². The number of aliphatic hydroxyl groups excluding tert-OH is 1. The van der Waals surface area contributed by atoms with Crippen molar-refractivity contribution in [2.24, 2.45) is 0 Å². The molecule has 2 aromatic rings. The van der Waals surface area contributed by atoms with Gasteiger partial charge in [-0.1, -0.05) is 30.4 Å². The fraction of sp³-hybridized carbons (Fsp3) is 0.429. The van der Waals surface area contributed by atoms with Crippen molar-refractivity contribution in [2.45, 2.75) is 50.9 Å². The van der Waals surface area contributed by atoms with Gasteiger partial charge in [0.1, 0.15) is 12.2 Å². The van der Waals surface area contributed by atoms with Crippen molar-refractivity contribution in [2.75, 3.05) is 6.61 Å². The van der Waals surface area contributed by atoms with E-state index in [2.05, 4.69) is 47.2 Å². The molecule has 0 saturated carbocycles. The van der Waals surface area contributed by atoms with Crippen LogP contribution in [0, 0.1) is 0 Å². The Balaban J connectivity index is 1.31. The van der Waals surface area contributed by atoms with E-state index in [1.54, 1.807) is 6.08 Å². The summed E-state index contributed by atoms with van der Waals surface area (Å²) in [7, 11) is 0. The van der Waals surface area contributed by atoms with Gasteiger partial charge >= 0.3 is 0 Å². The Morgan fingerprint density at radius 3 is 2.88 bits per heavy atom. The van der Waals surface area contributed by atoms with Crippen molar-refractivity contribution >= 4 is 10.9 Å². The van der Waals surface area contributed by atoms with Crippen molar-refractivity contribution in [3.8, 4) is 0 Å². The van der Waals surface area contributed by atoms with Gasteiger partial charge in [0.2, 0.25) is 0 Å². The Morgan fingerprint density at radius 1 is 1.23 bits per heavy atom. The molecule has 0 spiro atoms. The lowest BCUT2D eigenvalue weighted by Crippen LogP contribution is -2.37. The number of aliphatic hydroxyl groups is 1. The quantitative estimate of drug-likeness (QED) is 0.836. The Hall–Kier alpha value is -2.08. The number of aromatic nitrogens is 1. The van der Waals surface area contributed by atoms with Gasteiger partial charge in [0.25, 0.3) is 0 Å². The van der Waals surface area contributed by atoms with E-state index in [9.17, 15) is 5.11 Å². The number of allylic oxidation sites excluding steroid dienone is 2. The minimum Gasteiger partial charge on any atom is -0.489 e. The lowest BCUT2D eigenvalue weighted by molar-refractivity contribution is -0.156. The Labute approximate surface area is 153 Å². The Morgan fingerprint density at radius 2 is 2.08 bits per heavy atom. The summed E-state index contributed by atoms with van der Waals surface area (Å²) in [5.74, 6) is 0.167. The highest BCUT2D eigenvalue weighted by Gasteiger charge is 2.43. The molecule has 2 aliphatic rings. The van der Waals surface area contributed by atoms with E-state index in [-0.39, 0.29) is 6.10 Å². The summed E-state index contributed by atoms with van der Waals surface area (Å²) < 4.78 is 19.5. The van der Waals surface area contributed by atoms with E-state index >= 15 is 0 Å². The van der Waals surface area contributed by atoms with Crippen LogP contribution in [0.1, 0.15) is 20.3 Å². The summed E-state index contributed by atoms with van der Waals surface area (Å²) >= 11 is 0. The second kappa shape index (κ2) is 6.91. The summed E-state index contributed by atoms with van der Waals surface area (Å²) in [6, 6.07) is 10.5. The van der Waals surface area contributed by atoms with Crippen molar-refractivity contribution in [3.63, 3.8) is 0 Å². The van der Waals surface area contributed by atoms with Crippen LogP contribution in [0.5, 0.6) is 0 Å². The van der Waals surface area contributed by atoms with E-state index < -0.39 is 18.0 Å². The number of nitrogens with zero attached hydrogens (tertiary/aromatic N) is 1. The van der Waals surface area contributed by atoms with Crippen molar-refractivity contribution in [1.29, 1.82) is 0 Å². The lowest BCUT2D eigenvalue weighted by Gasteiger charge is -2.23. The van der Waals surface area contributed by atoms with Crippen LogP contribution in [0.2, 0.25) is 0 Å². The first-order valence-corrected chi connectivity index (χ1v) is 9.08. The van der Waals surface area contributed by atoms with Crippen LogP contribution in [0.3, 0.4) is 0 Å². The van der Waals surface area contributed by atoms with Crippen LogP contribution in [0.15, 0.2) is 60.5 Å². The predicted octanol–water partition coefficient (Wildman–Crippen LogP) is 3.38. The zero-order valence-electron chi connectivity index (χ0n) is 15.2. The van der Waals surface area contributed by atoms with Crippen molar-refractivity contribution < 1.29 is 19.3 Å². The summed E-state index contributed by atoms with van der Waals surface area (Å²) in [6.45, 7) is 4.99. The number of fused-ring (bicyclic) bond motifs is 1. The van der Waals surface area contributed by atoms with E-state index in [1.165, 1.54) is 10.9 Å². The molecular formula is C21H25NO4. The maximum absolute atomic E-state index is 10.2. The van der Waals surface area contributed by atoms with Gasteiger partial charge in [-0.15, -0.1) is 0 Å². The third-order valence-corrected chi connectivity index (χ3v) is 4.85. The first kappa shape index (κ1) is 17.3. The molecule has 0 bridgehead atoms. The van der Waals surface area contributed by atoms with Crippen LogP contribution < -0.4 is 0 Å². The number of hydrogen-bond donors (Lipinski definition) is 1. The number of benzene rings is 1. The predicted molar refractivity (Wildman–Crippen MR) is 99.6 cm³/mol. The van der Waals surface area contributed by atoms with Gasteiger partial charge in [-0.3, -0.25) is 0 Å².